The zero-order valence-electron chi connectivity index (χ0n) is 14.0. The highest BCUT2D eigenvalue weighted by Gasteiger charge is 2.52. The van der Waals surface area contributed by atoms with Crippen LogP contribution >= 0.6 is 23.2 Å². The third-order valence-electron chi connectivity index (χ3n) is 4.40. The quantitative estimate of drug-likeness (QED) is 0.424. The lowest BCUT2D eigenvalue weighted by Gasteiger charge is -2.11. The molecule has 1 atom stereocenters. The van der Waals surface area contributed by atoms with Crippen molar-refractivity contribution in [2.24, 2.45) is 5.92 Å². The average molecular weight is 377 g/mol. The van der Waals surface area contributed by atoms with E-state index in [1.54, 1.807) is 24.3 Å². The molecule has 1 fully saturated rings. The summed E-state index contributed by atoms with van der Waals surface area (Å²) in [6, 6.07) is 12.4. The maximum Gasteiger partial charge on any atom is 0.338 e. The van der Waals surface area contributed by atoms with Crippen LogP contribution in [0.4, 0.5) is 0 Å². The first-order chi connectivity index (χ1) is 11.8. The summed E-state index contributed by atoms with van der Waals surface area (Å²) in [4.78, 5) is 25.4. The summed E-state index contributed by atoms with van der Waals surface area (Å²) in [6.07, 6.45) is 0.604. The summed E-state index contributed by atoms with van der Waals surface area (Å²) >= 11 is 11.9. The van der Waals surface area contributed by atoms with Gasteiger partial charge in [0, 0.05) is 17.0 Å². The molecule has 0 aliphatic heterocycles. The molecule has 1 unspecified atom stereocenters. The van der Waals surface area contributed by atoms with Crippen molar-refractivity contribution in [3.63, 3.8) is 0 Å². The molecule has 0 saturated heterocycles. The number of ether oxygens (including phenoxy) is 1. The number of hydrogen-bond donors (Lipinski definition) is 0. The van der Waals surface area contributed by atoms with Crippen LogP contribution in [0.15, 0.2) is 42.5 Å². The Balaban J connectivity index is 1.84. The maximum atomic E-state index is 12.9. The topological polar surface area (TPSA) is 43.4 Å². The van der Waals surface area contributed by atoms with E-state index in [1.807, 2.05) is 32.0 Å². The molecule has 0 amide bonds. The van der Waals surface area contributed by atoms with Crippen molar-refractivity contribution >= 4 is 35.0 Å². The lowest BCUT2D eigenvalue weighted by molar-refractivity contribution is 0.0482. The number of ketones is 1. The minimum atomic E-state index is -0.797. The van der Waals surface area contributed by atoms with Crippen molar-refractivity contribution in [2.75, 3.05) is 6.61 Å². The Hall–Kier alpha value is -1.84. The summed E-state index contributed by atoms with van der Waals surface area (Å²) in [5.74, 6) is -0.781. The Labute approximate surface area is 156 Å². The van der Waals surface area contributed by atoms with Crippen molar-refractivity contribution < 1.29 is 14.3 Å². The molecule has 1 aliphatic carbocycles. The first-order valence-corrected chi connectivity index (χ1v) is 8.81. The fourth-order valence-corrected chi connectivity index (χ4v) is 3.19. The zero-order chi connectivity index (χ0) is 18.2. The summed E-state index contributed by atoms with van der Waals surface area (Å²) in [6.45, 7) is 3.95. The van der Waals surface area contributed by atoms with Gasteiger partial charge in [0.1, 0.15) is 4.33 Å². The lowest BCUT2D eigenvalue weighted by atomic mass is 9.94. The Kier molecular flexibility index (Phi) is 4.90. The van der Waals surface area contributed by atoms with Gasteiger partial charge in [0.2, 0.25) is 0 Å². The first-order valence-electron chi connectivity index (χ1n) is 8.05. The predicted molar refractivity (Wildman–Crippen MR) is 98.6 cm³/mol. The molecule has 0 spiro atoms. The standard InChI is InChI=1S/C20H18Cl2O3/c1-12-7-8-13(2)17(9-12)18(23)15-5-3-4-6-16(15)19(24)25-11-14-10-20(14,21)22/h3-9,14H,10-11H2,1-2H3. The Morgan fingerprint density at radius 2 is 1.72 bits per heavy atom. The van der Waals surface area contributed by atoms with Gasteiger partial charge in [0.05, 0.1) is 12.2 Å². The third kappa shape index (κ3) is 3.88. The second-order valence-corrected chi connectivity index (χ2v) is 8.00. The SMILES string of the molecule is Cc1ccc(C)c(C(=O)c2ccccc2C(=O)OCC2CC2(Cl)Cl)c1. The van der Waals surface area contributed by atoms with Crippen LogP contribution in [-0.4, -0.2) is 22.7 Å². The van der Waals surface area contributed by atoms with Crippen LogP contribution in [0.3, 0.4) is 0 Å². The van der Waals surface area contributed by atoms with Gasteiger partial charge in [-0.1, -0.05) is 35.9 Å². The van der Waals surface area contributed by atoms with E-state index in [-0.39, 0.29) is 23.9 Å². The number of halogens is 2. The van der Waals surface area contributed by atoms with Crippen molar-refractivity contribution in [3.8, 4) is 0 Å². The normalized spacial score (nSPS) is 17.8. The maximum absolute atomic E-state index is 12.9. The molecule has 0 N–H and O–H groups in total. The fraction of sp³-hybridized carbons (Fsp3) is 0.300. The van der Waals surface area contributed by atoms with Crippen molar-refractivity contribution in [1.82, 2.24) is 0 Å². The van der Waals surface area contributed by atoms with Crippen molar-refractivity contribution in [1.29, 1.82) is 0 Å². The van der Waals surface area contributed by atoms with Crippen LogP contribution in [0.1, 0.15) is 43.8 Å². The van der Waals surface area contributed by atoms with Gasteiger partial charge >= 0.3 is 5.97 Å². The number of carbonyl (C=O) groups is 2. The van der Waals surface area contributed by atoms with Crippen LogP contribution < -0.4 is 0 Å². The van der Waals surface area contributed by atoms with Gasteiger partial charge in [0.25, 0.3) is 0 Å². The molecule has 0 bridgehead atoms. The van der Waals surface area contributed by atoms with Gasteiger partial charge in [0.15, 0.2) is 5.78 Å². The average Bonchev–Trinajstić information content (AvgIpc) is 3.21. The zero-order valence-corrected chi connectivity index (χ0v) is 15.5. The molecule has 130 valence electrons. The predicted octanol–water partition coefficient (Wildman–Crippen LogP) is 4.89. The number of aryl methyl sites for hydroxylation is 2. The fourth-order valence-electron chi connectivity index (χ4n) is 2.69. The highest BCUT2D eigenvalue weighted by atomic mass is 35.5. The summed E-state index contributed by atoms with van der Waals surface area (Å²) in [7, 11) is 0. The van der Waals surface area contributed by atoms with E-state index in [2.05, 4.69) is 0 Å². The van der Waals surface area contributed by atoms with Crippen molar-refractivity contribution in [3.05, 3.63) is 70.3 Å². The summed E-state index contributed by atoms with van der Waals surface area (Å²) in [5.41, 5.74) is 3.03. The third-order valence-corrected chi connectivity index (χ3v) is 5.33. The molecule has 0 radical (unpaired) electrons. The molecule has 2 aromatic carbocycles. The minimum Gasteiger partial charge on any atom is -0.462 e. The Morgan fingerprint density at radius 1 is 1.08 bits per heavy atom. The summed E-state index contributed by atoms with van der Waals surface area (Å²) in [5, 5.41) is 0. The minimum absolute atomic E-state index is 0.0540. The Bertz CT molecular complexity index is 843. The van der Waals surface area contributed by atoms with Crippen LogP contribution in [0.2, 0.25) is 0 Å². The molecular weight excluding hydrogens is 359 g/mol. The number of rotatable bonds is 5. The number of esters is 1. The Morgan fingerprint density at radius 3 is 2.36 bits per heavy atom. The monoisotopic (exact) mass is 376 g/mol. The molecule has 0 aromatic heterocycles. The van der Waals surface area contributed by atoms with E-state index in [0.717, 1.165) is 11.1 Å². The van der Waals surface area contributed by atoms with Gasteiger partial charge < -0.3 is 4.74 Å². The molecule has 3 rings (SSSR count). The van der Waals surface area contributed by atoms with Gasteiger partial charge in [-0.15, -0.1) is 23.2 Å². The molecule has 3 nitrogen and oxygen atoms in total. The second-order valence-electron chi connectivity index (χ2n) is 6.45. The van der Waals surface area contributed by atoms with Crippen LogP contribution in [0.5, 0.6) is 0 Å². The molecule has 1 aliphatic rings. The van der Waals surface area contributed by atoms with Gasteiger partial charge in [-0.2, -0.15) is 0 Å². The van der Waals surface area contributed by atoms with E-state index < -0.39 is 10.3 Å². The molecule has 1 saturated carbocycles. The number of hydrogen-bond acceptors (Lipinski definition) is 3. The second kappa shape index (κ2) is 6.81. The van der Waals surface area contributed by atoms with Crippen LogP contribution in [0.25, 0.3) is 0 Å². The molecule has 5 heteroatoms. The van der Waals surface area contributed by atoms with Crippen molar-refractivity contribution in [2.45, 2.75) is 24.6 Å². The van der Waals surface area contributed by atoms with E-state index in [1.165, 1.54) is 0 Å². The smallest absolute Gasteiger partial charge is 0.338 e. The number of carbonyl (C=O) groups excluding carboxylic acids is 2. The van der Waals surface area contributed by atoms with E-state index in [9.17, 15) is 9.59 Å². The summed E-state index contributed by atoms with van der Waals surface area (Å²) < 4.78 is 4.51. The first kappa shape index (κ1) is 18.0. The number of benzene rings is 2. The molecule has 0 heterocycles. The van der Waals surface area contributed by atoms with Gasteiger partial charge in [-0.05, 0) is 38.0 Å². The van der Waals surface area contributed by atoms with E-state index >= 15 is 0 Å². The van der Waals surface area contributed by atoms with Crippen LogP contribution in [-0.2, 0) is 4.74 Å². The largest absolute Gasteiger partial charge is 0.462 e. The highest BCUT2D eigenvalue weighted by molar-refractivity contribution is 6.50. The molecule has 2 aromatic rings. The van der Waals surface area contributed by atoms with Crippen LogP contribution in [0, 0.1) is 19.8 Å². The highest BCUT2D eigenvalue weighted by Crippen LogP contribution is 2.53. The number of alkyl halides is 2. The van der Waals surface area contributed by atoms with E-state index in [0.29, 0.717) is 17.5 Å². The van der Waals surface area contributed by atoms with Gasteiger partial charge in [-0.25, -0.2) is 4.79 Å². The van der Waals surface area contributed by atoms with E-state index in [4.69, 9.17) is 27.9 Å². The lowest BCUT2D eigenvalue weighted by Crippen LogP contribution is -2.15. The molecule has 25 heavy (non-hydrogen) atoms. The molecular formula is C20H18Cl2O3. The van der Waals surface area contributed by atoms with Gasteiger partial charge in [-0.3, -0.25) is 4.79 Å².